The van der Waals surface area contributed by atoms with Gasteiger partial charge in [-0.1, -0.05) is 6.92 Å². The molecule has 3 nitrogen and oxygen atoms in total. The van der Waals surface area contributed by atoms with Gasteiger partial charge in [-0.15, -0.1) is 0 Å². The van der Waals surface area contributed by atoms with Crippen LogP contribution in [-0.4, -0.2) is 25.9 Å². The Labute approximate surface area is 119 Å². The highest BCUT2D eigenvalue weighted by Gasteiger charge is 2.18. The summed E-state index contributed by atoms with van der Waals surface area (Å²) in [4.78, 5) is 0. The van der Waals surface area contributed by atoms with Gasteiger partial charge in [0.25, 0.3) is 0 Å². The molecule has 114 valence electrons. The maximum Gasteiger partial charge on any atom is 0.190 e. The third kappa shape index (κ3) is 5.06. The van der Waals surface area contributed by atoms with Gasteiger partial charge in [0.15, 0.2) is 17.4 Å². The van der Waals surface area contributed by atoms with Crippen molar-refractivity contribution in [2.24, 2.45) is 0 Å². The maximum absolute atomic E-state index is 13.8. The average Bonchev–Trinajstić information content (AvgIpc) is 2.39. The average molecular weight is 287 g/mol. The third-order valence-corrected chi connectivity index (χ3v) is 3.14. The zero-order valence-corrected chi connectivity index (χ0v) is 12.6. The summed E-state index contributed by atoms with van der Waals surface area (Å²) < 4.78 is 38.1. The molecule has 0 heterocycles. The van der Waals surface area contributed by atoms with Gasteiger partial charge in [-0.05, 0) is 38.1 Å². The zero-order valence-electron chi connectivity index (χ0n) is 12.6. The van der Waals surface area contributed by atoms with Crippen LogP contribution >= 0.6 is 0 Å². The summed E-state index contributed by atoms with van der Waals surface area (Å²) in [5.41, 5.74) is 0.184. The van der Waals surface area contributed by atoms with Gasteiger partial charge in [0, 0.05) is 20.1 Å². The van der Waals surface area contributed by atoms with Gasteiger partial charge < -0.3 is 14.8 Å². The molecule has 0 unspecified atom stereocenters. The van der Waals surface area contributed by atoms with Crippen molar-refractivity contribution in [3.05, 3.63) is 29.3 Å². The lowest BCUT2D eigenvalue weighted by Crippen LogP contribution is -2.25. The summed E-state index contributed by atoms with van der Waals surface area (Å²) >= 11 is 0. The number of ether oxygens (including phenoxy) is 2. The number of rotatable bonds is 8. The van der Waals surface area contributed by atoms with Gasteiger partial charge in [0.05, 0.1) is 12.2 Å². The van der Waals surface area contributed by atoms with E-state index < -0.39 is 11.6 Å². The number of benzene rings is 1. The van der Waals surface area contributed by atoms with E-state index in [1.807, 2.05) is 20.8 Å². The van der Waals surface area contributed by atoms with E-state index in [-0.39, 0.29) is 18.0 Å². The lowest BCUT2D eigenvalue weighted by molar-refractivity contribution is 0.00478. The quantitative estimate of drug-likeness (QED) is 0.796. The van der Waals surface area contributed by atoms with E-state index in [0.29, 0.717) is 18.5 Å². The Morgan fingerprint density at radius 3 is 2.30 bits per heavy atom. The highest BCUT2D eigenvalue weighted by Crippen LogP contribution is 2.24. The fourth-order valence-electron chi connectivity index (χ4n) is 1.62. The molecule has 0 spiro atoms. The minimum Gasteiger partial charge on any atom is -0.487 e. The predicted octanol–water partition coefficient (Wildman–Crippen LogP) is 3.27. The Bertz CT molecular complexity index is 413. The molecule has 0 atom stereocenters. The highest BCUT2D eigenvalue weighted by atomic mass is 19.1. The number of hydrogen-bond donors (Lipinski definition) is 1. The summed E-state index contributed by atoms with van der Waals surface area (Å²) in [7, 11) is 1.59. The minimum absolute atomic E-state index is 0.196. The molecule has 0 aromatic heterocycles. The molecule has 1 rings (SSSR count). The standard InChI is InChI=1S/C15H23F2NO2/c1-5-18-10-11-8-12(16)14(13(17)9-11)20-7-6-15(2,3)19-4/h8-9,18H,5-7,10H2,1-4H3. The molecule has 0 aliphatic heterocycles. The first-order chi connectivity index (χ1) is 9.39. The third-order valence-electron chi connectivity index (χ3n) is 3.14. The molecule has 0 saturated heterocycles. The van der Waals surface area contributed by atoms with Gasteiger partial charge in [0.1, 0.15) is 0 Å². The molecule has 0 aliphatic rings. The summed E-state index contributed by atoms with van der Waals surface area (Å²) in [6.07, 6.45) is 0.543. The van der Waals surface area contributed by atoms with E-state index in [2.05, 4.69) is 5.32 Å². The van der Waals surface area contributed by atoms with Crippen LogP contribution in [0.15, 0.2) is 12.1 Å². The summed E-state index contributed by atoms with van der Waals surface area (Å²) in [6.45, 7) is 7.09. The van der Waals surface area contributed by atoms with Gasteiger partial charge in [0.2, 0.25) is 0 Å². The second-order valence-corrected chi connectivity index (χ2v) is 5.23. The van der Waals surface area contributed by atoms with Crippen molar-refractivity contribution >= 4 is 0 Å². The second kappa shape index (κ2) is 7.55. The predicted molar refractivity (Wildman–Crippen MR) is 74.9 cm³/mol. The number of methoxy groups -OCH3 is 1. The Balaban J connectivity index is 2.67. The van der Waals surface area contributed by atoms with Gasteiger partial charge in [-0.25, -0.2) is 8.78 Å². The fourth-order valence-corrected chi connectivity index (χ4v) is 1.62. The molecule has 0 fully saturated rings. The van der Waals surface area contributed by atoms with E-state index >= 15 is 0 Å². The van der Waals surface area contributed by atoms with Crippen LogP contribution in [-0.2, 0) is 11.3 Å². The van der Waals surface area contributed by atoms with E-state index in [1.54, 1.807) is 7.11 Å². The Hall–Kier alpha value is -1.20. The molecule has 0 aliphatic carbocycles. The summed E-state index contributed by atoms with van der Waals surface area (Å²) in [5, 5.41) is 3.02. The van der Waals surface area contributed by atoms with E-state index in [9.17, 15) is 8.78 Å². The molecule has 0 saturated carbocycles. The van der Waals surface area contributed by atoms with Crippen molar-refractivity contribution in [3.63, 3.8) is 0 Å². The molecule has 20 heavy (non-hydrogen) atoms. The van der Waals surface area contributed by atoms with Crippen LogP contribution in [0.4, 0.5) is 8.78 Å². The van der Waals surface area contributed by atoms with Crippen molar-refractivity contribution in [2.75, 3.05) is 20.3 Å². The van der Waals surface area contributed by atoms with Crippen molar-refractivity contribution in [1.29, 1.82) is 0 Å². The van der Waals surface area contributed by atoms with Crippen LogP contribution in [0, 0.1) is 11.6 Å². The minimum atomic E-state index is -0.673. The topological polar surface area (TPSA) is 30.5 Å². The largest absolute Gasteiger partial charge is 0.487 e. The molecule has 0 amide bonds. The molecular formula is C15H23F2NO2. The normalized spacial score (nSPS) is 11.7. The first kappa shape index (κ1) is 16.9. The molecule has 0 radical (unpaired) electrons. The second-order valence-electron chi connectivity index (χ2n) is 5.23. The van der Waals surface area contributed by atoms with Crippen molar-refractivity contribution in [3.8, 4) is 5.75 Å². The number of hydrogen-bond acceptors (Lipinski definition) is 3. The maximum atomic E-state index is 13.8. The van der Waals surface area contributed by atoms with Crippen LogP contribution in [0.25, 0.3) is 0 Å². The first-order valence-corrected chi connectivity index (χ1v) is 6.76. The zero-order chi connectivity index (χ0) is 15.2. The lowest BCUT2D eigenvalue weighted by Gasteiger charge is -2.22. The molecule has 1 N–H and O–H groups in total. The molecule has 1 aromatic rings. The Morgan fingerprint density at radius 1 is 1.20 bits per heavy atom. The molecule has 1 aromatic carbocycles. The summed E-state index contributed by atoms with van der Waals surface area (Å²) in [5.74, 6) is -1.67. The van der Waals surface area contributed by atoms with Gasteiger partial charge in [-0.2, -0.15) is 0 Å². The van der Waals surface area contributed by atoms with Gasteiger partial charge >= 0.3 is 0 Å². The monoisotopic (exact) mass is 287 g/mol. The van der Waals surface area contributed by atoms with Crippen LogP contribution in [0.2, 0.25) is 0 Å². The van der Waals surface area contributed by atoms with Crippen molar-refractivity contribution in [2.45, 2.75) is 39.3 Å². The highest BCUT2D eigenvalue weighted by molar-refractivity contribution is 5.31. The van der Waals surface area contributed by atoms with Crippen LogP contribution in [0.1, 0.15) is 32.8 Å². The molecule has 5 heteroatoms. The van der Waals surface area contributed by atoms with Crippen LogP contribution < -0.4 is 10.1 Å². The van der Waals surface area contributed by atoms with Crippen LogP contribution in [0.3, 0.4) is 0 Å². The SMILES string of the molecule is CCNCc1cc(F)c(OCCC(C)(C)OC)c(F)c1. The molecular weight excluding hydrogens is 264 g/mol. The first-order valence-electron chi connectivity index (χ1n) is 6.76. The van der Waals surface area contributed by atoms with E-state index in [0.717, 1.165) is 6.54 Å². The Morgan fingerprint density at radius 2 is 1.80 bits per heavy atom. The Kier molecular flexibility index (Phi) is 6.36. The number of halogens is 2. The summed E-state index contributed by atoms with van der Waals surface area (Å²) in [6, 6.07) is 2.59. The number of nitrogens with one attached hydrogen (secondary N) is 1. The van der Waals surface area contributed by atoms with Crippen molar-refractivity contribution in [1.82, 2.24) is 5.32 Å². The lowest BCUT2D eigenvalue weighted by atomic mass is 10.1. The smallest absolute Gasteiger partial charge is 0.190 e. The van der Waals surface area contributed by atoms with Crippen molar-refractivity contribution < 1.29 is 18.3 Å². The van der Waals surface area contributed by atoms with E-state index in [4.69, 9.17) is 9.47 Å². The van der Waals surface area contributed by atoms with Gasteiger partial charge in [-0.3, -0.25) is 0 Å². The van der Waals surface area contributed by atoms with E-state index in [1.165, 1.54) is 12.1 Å². The van der Waals surface area contributed by atoms with Crippen LogP contribution in [0.5, 0.6) is 5.75 Å². The fraction of sp³-hybridized carbons (Fsp3) is 0.600. The molecule has 0 bridgehead atoms.